The Morgan fingerprint density at radius 2 is 1.27 bits per heavy atom. The Morgan fingerprint density at radius 3 is 1.73 bits per heavy atom. The molecule has 3 heteroatoms. The van der Waals surface area contributed by atoms with Gasteiger partial charge in [0, 0.05) is 21.3 Å². The minimum absolute atomic E-state index is 0.417. The van der Waals surface area contributed by atoms with Crippen LogP contribution in [-0.4, -0.2) is 21.3 Å². The van der Waals surface area contributed by atoms with Gasteiger partial charge in [0.25, 0.3) is 0 Å². The van der Waals surface area contributed by atoms with E-state index in [4.69, 9.17) is 23.2 Å². The van der Waals surface area contributed by atoms with E-state index in [9.17, 15) is 0 Å². The summed E-state index contributed by atoms with van der Waals surface area (Å²) in [7, 11) is 0. The van der Waals surface area contributed by atoms with Crippen molar-refractivity contribution in [2.45, 2.75) is 46.9 Å². The second-order valence-electron chi connectivity index (χ2n) is 3.40. The van der Waals surface area contributed by atoms with Crippen LogP contribution in [0.1, 0.15) is 25.7 Å². The van der Waals surface area contributed by atoms with Crippen LogP contribution in [0, 0.1) is 0 Å². The molecule has 2 aliphatic heterocycles. The number of hydrogen-bond donors (Lipinski definition) is 0. The fourth-order valence-electron chi connectivity index (χ4n) is 1.91. The highest BCUT2D eigenvalue weighted by molar-refractivity contribution is 8.00. The quantitative estimate of drug-likeness (QED) is 0.554. The lowest BCUT2D eigenvalue weighted by Crippen LogP contribution is -2.37. The largest absolute Gasteiger partial charge is 0.152 e. The first kappa shape index (κ1) is 8.52. The molecule has 0 amide bonds. The van der Waals surface area contributed by atoms with Crippen LogP contribution in [0.25, 0.3) is 0 Å². The lowest BCUT2D eigenvalue weighted by molar-refractivity contribution is 0.501. The van der Waals surface area contributed by atoms with Crippen molar-refractivity contribution < 1.29 is 0 Å². The molecule has 0 N–H and O–H groups in total. The van der Waals surface area contributed by atoms with Gasteiger partial charge >= 0.3 is 0 Å². The van der Waals surface area contributed by atoms with E-state index in [1.165, 1.54) is 25.7 Å². The van der Waals surface area contributed by atoms with Gasteiger partial charge in [0.1, 0.15) is 0 Å². The molecule has 2 saturated heterocycles. The lowest BCUT2D eigenvalue weighted by atomic mass is 9.98. The van der Waals surface area contributed by atoms with Gasteiger partial charge in [-0.3, -0.25) is 0 Å². The van der Waals surface area contributed by atoms with Crippen LogP contribution in [0.15, 0.2) is 0 Å². The molecule has 0 saturated carbocycles. The monoisotopic (exact) mass is 210 g/mol. The third kappa shape index (κ3) is 1.66. The number of alkyl halides is 2. The van der Waals surface area contributed by atoms with Gasteiger partial charge in [-0.05, 0) is 25.7 Å². The zero-order chi connectivity index (χ0) is 7.84. The highest BCUT2D eigenvalue weighted by Gasteiger charge is 2.37. The van der Waals surface area contributed by atoms with Crippen LogP contribution >= 0.6 is 35.0 Å². The fraction of sp³-hybridized carbons (Fsp3) is 1.00. The summed E-state index contributed by atoms with van der Waals surface area (Å²) in [6, 6.07) is 0. The molecule has 0 nitrogen and oxygen atoms in total. The van der Waals surface area contributed by atoms with Crippen molar-refractivity contribution in [3.05, 3.63) is 0 Å². The highest BCUT2D eigenvalue weighted by atomic mass is 35.5. The molecule has 0 aromatic carbocycles. The molecule has 0 aromatic rings. The van der Waals surface area contributed by atoms with Gasteiger partial charge in [0.15, 0.2) is 0 Å². The molecular weight excluding hydrogens is 199 g/mol. The number of halogens is 2. The van der Waals surface area contributed by atoms with Crippen molar-refractivity contribution in [1.29, 1.82) is 0 Å². The molecule has 2 aliphatic rings. The highest BCUT2D eigenvalue weighted by Crippen LogP contribution is 2.45. The zero-order valence-electron chi connectivity index (χ0n) is 6.30. The predicted molar refractivity (Wildman–Crippen MR) is 52.9 cm³/mol. The summed E-state index contributed by atoms with van der Waals surface area (Å²) in [6.45, 7) is 0. The van der Waals surface area contributed by atoms with Crippen molar-refractivity contribution in [2.24, 2.45) is 0 Å². The standard InChI is InChI=1S/C8H12Cl2S/c9-5-1-3-7-6(10)2-4-8(5)11-7/h5-8H,1-4H2/t5-,6-,7+,8+/m1/s1. The van der Waals surface area contributed by atoms with E-state index in [2.05, 4.69) is 0 Å². The maximum Gasteiger partial charge on any atom is 0.0455 e. The van der Waals surface area contributed by atoms with E-state index in [0.717, 1.165) is 0 Å². The third-order valence-electron chi connectivity index (χ3n) is 2.61. The summed E-state index contributed by atoms with van der Waals surface area (Å²) in [5, 5.41) is 2.23. The van der Waals surface area contributed by atoms with Gasteiger partial charge in [-0.1, -0.05) is 0 Å². The first-order chi connectivity index (χ1) is 5.27. The van der Waals surface area contributed by atoms with Gasteiger partial charge in [-0.25, -0.2) is 0 Å². The maximum atomic E-state index is 6.17. The zero-order valence-corrected chi connectivity index (χ0v) is 8.63. The molecule has 2 fully saturated rings. The van der Waals surface area contributed by atoms with E-state index in [-0.39, 0.29) is 0 Å². The van der Waals surface area contributed by atoms with Gasteiger partial charge in [-0.2, -0.15) is 11.8 Å². The molecular formula is C8H12Cl2S. The van der Waals surface area contributed by atoms with Crippen molar-refractivity contribution in [1.82, 2.24) is 0 Å². The van der Waals surface area contributed by atoms with Crippen LogP contribution < -0.4 is 0 Å². The maximum absolute atomic E-state index is 6.17. The Balaban J connectivity index is 2.02. The van der Waals surface area contributed by atoms with Gasteiger partial charge in [-0.15, -0.1) is 23.2 Å². The first-order valence-corrected chi connectivity index (χ1v) is 6.02. The summed E-state index contributed by atoms with van der Waals surface area (Å²) in [5.74, 6) is 0. The van der Waals surface area contributed by atoms with Crippen molar-refractivity contribution in [2.75, 3.05) is 0 Å². The van der Waals surface area contributed by atoms with Crippen LogP contribution in [0.3, 0.4) is 0 Å². The van der Waals surface area contributed by atoms with E-state index in [0.29, 0.717) is 21.3 Å². The average Bonchev–Trinajstić information content (AvgIpc) is 2.02. The van der Waals surface area contributed by atoms with E-state index in [1.807, 2.05) is 11.8 Å². The minimum atomic E-state index is 0.417. The molecule has 0 aliphatic carbocycles. The average molecular weight is 211 g/mol. The van der Waals surface area contributed by atoms with Crippen LogP contribution in [0.2, 0.25) is 0 Å². The number of hydrogen-bond acceptors (Lipinski definition) is 1. The molecule has 64 valence electrons. The first-order valence-electron chi connectivity index (χ1n) is 4.21. The Hall–Kier alpha value is 0.930. The molecule has 0 spiro atoms. The summed E-state index contributed by atoms with van der Waals surface area (Å²) in [5.41, 5.74) is 0. The van der Waals surface area contributed by atoms with Crippen molar-refractivity contribution in [3.63, 3.8) is 0 Å². The third-order valence-corrected chi connectivity index (χ3v) is 5.78. The van der Waals surface area contributed by atoms with Crippen LogP contribution in [0.5, 0.6) is 0 Å². The molecule has 0 radical (unpaired) electrons. The Labute approximate surface area is 82.0 Å². The SMILES string of the molecule is Cl[C@@H]1CC[C@@H]2S[C@H]1CC[C@H]2Cl. The van der Waals surface area contributed by atoms with Gasteiger partial charge in [0.05, 0.1) is 0 Å². The van der Waals surface area contributed by atoms with E-state index in [1.54, 1.807) is 0 Å². The van der Waals surface area contributed by atoms with E-state index < -0.39 is 0 Å². The molecule has 2 bridgehead atoms. The smallest absolute Gasteiger partial charge is 0.0455 e. The summed E-state index contributed by atoms with van der Waals surface area (Å²) in [4.78, 5) is 0. The predicted octanol–water partition coefficient (Wildman–Crippen LogP) is 3.26. The Kier molecular flexibility index (Phi) is 2.60. The van der Waals surface area contributed by atoms with Gasteiger partial charge in [0.2, 0.25) is 0 Å². The molecule has 2 rings (SSSR count). The Morgan fingerprint density at radius 1 is 0.818 bits per heavy atom. The number of thioether (sulfide) groups is 1. The fourth-order valence-corrected chi connectivity index (χ4v) is 4.38. The molecule has 11 heavy (non-hydrogen) atoms. The van der Waals surface area contributed by atoms with Crippen LogP contribution in [-0.2, 0) is 0 Å². The lowest BCUT2D eigenvalue weighted by Gasteiger charge is -2.39. The molecule has 2 heterocycles. The normalized spacial score (nSPS) is 50.7. The summed E-state index contributed by atoms with van der Waals surface area (Å²) in [6.07, 6.45) is 4.80. The van der Waals surface area contributed by atoms with Crippen molar-refractivity contribution >= 4 is 35.0 Å². The minimum Gasteiger partial charge on any atom is -0.152 e. The van der Waals surface area contributed by atoms with E-state index >= 15 is 0 Å². The summed E-state index contributed by atoms with van der Waals surface area (Å²) >= 11 is 14.4. The second-order valence-corrected chi connectivity index (χ2v) is 6.00. The second kappa shape index (κ2) is 3.35. The Bertz CT molecular complexity index is 135. The molecule has 4 atom stereocenters. The number of fused-ring (bicyclic) bond motifs is 2. The van der Waals surface area contributed by atoms with Crippen molar-refractivity contribution in [3.8, 4) is 0 Å². The van der Waals surface area contributed by atoms with Gasteiger partial charge < -0.3 is 0 Å². The summed E-state index contributed by atoms with van der Waals surface area (Å²) < 4.78 is 0. The van der Waals surface area contributed by atoms with Crippen LogP contribution in [0.4, 0.5) is 0 Å². The molecule has 0 aromatic heterocycles. The molecule has 0 unspecified atom stereocenters. The number of rotatable bonds is 0. The topological polar surface area (TPSA) is 0 Å².